The quantitative estimate of drug-likeness (QED) is 0.535. The molecule has 2 atom stereocenters. The Labute approximate surface area is 151 Å². The van der Waals surface area contributed by atoms with Crippen LogP contribution in [-0.4, -0.2) is 29.8 Å². The largest absolute Gasteiger partial charge is 0.368 e. The van der Waals surface area contributed by atoms with Gasteiger partial charge in [0.2, 0.25) is 17.7 Å². The van der Waals surface area contributed by atoms with Gasteiger partial charge in [-0.2, -0.15) is 5.26 Å². The summed E-state index contributed by atoms with van der Waals surface area (Å²) in [7, 11) is 0. The molecule has 0 aliphatic carbocycles. The third kappa shape index (κ3) is 7.75. The van der Waals surface area contributed by atoms with Crippen molar-refractivity contribution in [3.8, 4) is 6.07 Å². The average Bonchev–Trinajstić information content (AvgIpc) is 2.58. The summed E-state index contributed by atoms with van der Waals surface area (Å²) in [4.78, 5) is 35.4. The monoisotopic (exact) mass is 362 g/mol. The zero-order valence-corrected chi connectivity index (χ0v) is 14.6. The Morgan fingerprint density at radius 2 is 1.81 bits per heavy atom. The van der Waals surface area contributed by atoms with E-state index in [0.29, 0.717) is 31.2 Å². The summed E-state index contributed by atoms with van der Waals surface area (Å²) in [5, 5.41) is 13.6. The van der Waals surface area contributed by atoms with Crippen LogP contribution in [0.3, 0.4) is 0 Å². The predicted molar refractivity (Wildman–Crippen MR) is 92.9 cm³/mol. The maximum Gasteiger partial charge on any atom is 0.243 e. The molecule has 8 heteroatoms. The Morgan fingerprint density at radius 1 is 1.15 bits per heavy atom. The number of carbonyl (C=O) groups is 3. The van der Waals surface area contributed by atoms with Gasteiger partial charge in [-0.05, 0) is 37.0 Å². The maximum absolute atomic E-state index is 13.0. The van der Waals surface area contributed by atoms with Crippen LogP contribution in [0.25, 0.3) is 0 Å². The second-order valence-corrected chi connectivity index (χ2v) is 5.95. The number of halogens is 1. The van der Waals surface area contributed by atoms with Crippen molar-refractivity contribution in [2.24, 2.45) is 5.73 Å². The van der Waals surface area contributed by atoms with Gasteiger partial charge in [0.05, 0.1) is 6.07 Å². The van der Waals surface area contributed by atoms with Crippen LogP contribution in [0.2, 0.25) is 0 Å². The molecule has 7 nitrogen and oxygen atoms in total. The molecule has 0 aliphatic heterocycles. The summed E-state index contributed by atoms with van der Waals surface area (Å²) < 4.78 is 13.0. The molecule has 0 aromatic heterocycles. The predicted octanol–water partition coefficient (Wildman–Crippen LogP) is 0.927. The summed E-state index contributed by atoms with van der Waals surface area (Å²) in [6, 6.07) is 5.77. The number of primary amides is 1. The zero-order valence-electron chi connectivity index (χ0n) is 14.6. The molecule has 1 aromatic rings. The van der Waals surface area contributed by atoms with Crippen molar-refractivity contribution < 1.29 is 18.8 Å². The average molecular weight is 362 g/mol. The lowest BCUT2D eigenvalue weighted by atomic mass is 10.0. The molecular formula is C18H23FN4O3. The molecule has 0 spiro atoms. The highest BCUT2D eigenvalue weighted by Crippen LogP contribution is 2.08. The zero-order chi connectivity index (χ0) is 19.5. The molecule has 1 rings (SSSR count). The fraction of sp³-hybridized carbons (Fsp3) is 0.444. The Kier molecular flexibility index (Phi) is 8.78. The van der Waals surface area contributed by atoms with E-state index in [1.54, 1.807) is 0 Å². The standard InChI is InChI=1S/C18H23FN4O3/c1-12(24)22-16(11-13-6-8-14(19)9-7-13)18(26)23-15(17(21)25)5-3-2-4-10-20/h6-9,15-16H,2-5,11H2,1H3,(H2,21,25)(H,22,24)(H,23,26)/t15-,16+/m0/s1. The number of hydrogen-bond acceptors (Lipinski definition) is 4. The van der Waals surface area contributed by atoms with E-state index in [0.717, 1.165) is 0 Å². The maximum atomic E-state index is 13.0. The number of nitrogens with zero attached hydrogens (tertiary/aromatic N) is 1. The highest BCUT2D eigenvalue weighted by molar-refractivity contribution is 5.91. The highest BCUT2D eigenvalue weighted by Gasteiger charge is 2.25. The van der Waals surface area contributed by atoms with Crippen molar-refractivity contribution in [1.29, 1.82) is 5.26 Å². The van der Waals surface area contributed by atoms with E-state index in [2.05, 4.69) is 10.6 Å². The topological polar surface area (TPSA) is 125 Å². The van der Waals surface area contributed by atoms with Crippen molar-refractivity contribution >= 4 is 17.7 Å². The van der Waals surface area contributed by atoms with Gasteiger partial charge in [0.1, 0.15) is 17.9 Å². The lowest BCUT2D eigenvalue weighted by Crippen LogP contribution is -2.53. The van der Waals surface area contributed by atoms with Crippen LogP contribution in [0.1, 0.15) is 38.2 Å². The molecule has 140 valence electrons. The lowest BCUT2D eigenvalue weighted by molar-refractivity contribution is -0.130. The van der Waals surface area contributed by atoms with E-state index in [4.69, 9.17) is 11.0 Å². The molecule has 0 aliphatic rings. The third-order valence-corrected chi connectivity index (χ3v) is 3.74. The molecule has 0 bridgehead atoms. The van der Waals surface area contributed by atoms with Gasteiger partial charge in [0.25, 0.3) is 0 Å². The van der Waals surface area contributed by atoms with Gasteiger partial charge >= 0.3 is 0 Å². The second-order valence-electron chi connectivity index (χ2n) is 5.95. The van der Waals surface area contributed by atoms with Gasteiger partial charge in [0.15, 0.2) is 0 Å². The number of benzene rings is 1. The fourth-order valence-corrected chi connectivity index (χ4v) is 2.42. The second kappa shape index (κ2) is 10.8. The Morgan fingerprint density at radius 3 is 2.35 bits per heavy atom. The van der Waals surface area contributed by atoms with E-state index in [1.807, 2.05) is 6.07 Å². The molecule has 3 amide bonds. The first-order valence-electron chi connectivity index (χ1n) is 8.31. The van der Waals surface area contributed by atoms with Crippen LogP contribution in [-0.2, 0) is 20.8 Å². The van der Waals surface area contributed by atoms with Crippen molar-refractivity contribution in [3.63, 3.8) is 0 Å². The summed E-state index contributed by atoms with van der Waals surface area (Å²) in [6.07, 6.45) is 1.97. The van der Waals surface area contributed by atoms with Crippen LogP contribution >= 0.6 is 0 Å². The van der Waals surface area contributed by atoms with Crippen LogP contribution in [0.15, 0.2) is 24.3 Å². The Balaban J connectivity index is 2.76. The first-order valence-corrected chi connectivity index (χ1v) is 8.31. The SMILES string of the molecule is CC(=O)N[C@H](Cc1ccc(F)cc1)C(=O)N[C@@H](CCCCC#N)C(N)=O. The van der Waals surface area contributed by atoms with Gasteiger partial charge in [-0.1, -0.05) is 12.1 Å². The molecule has 26 heavy (non-hydrogen) atoms. The van der Waals surface area contributed by atoms with Gasteiger partial charge in [-0.15, -0.1) is 0 Å². The van der Waals surface area contributed by atoms with Gasteiger partial charge in [0, 0.05) is 19.8 Å². The number of hydrogen-bond donors (Lipinski definition) is 3. The van der Waals surface area contributed by atoms with Gasteiger partial charge in [-0.25, -0.2) is 4.39 Å². The Bertz CT molecular complexity index is 670. The third-order valence-electron chi connectivity index (χ3n) is 3.74. The lowest BCUT2D eigenvalue weighted by Gasteiger charge is -2.21. The summed E-state index contributed by atoms with van der Waals surface area (Å²) in [6.45, 7) is 1.28. The van der Waals surface area contributed by atoms with Gasteiger partial charge in [-0.3, -0.25) is 14.4 Å². The van der Waals surface area contributed by atoms with E-state index in [9.17, 15) is 18.8 Å². The number of carbonyl (C=O) groups excluding carboxylic acids is 3. The highest BCUT2D eigenvalue weighted by atomic mass is 19.1. The van der Waals surface area contributed by atoms with Crippen molar-refractivity contribution in [2.75, 3.05) is 0 Å². The van der Waals surface area contributed by atoms with Crippen LogP contribution in [0, 0.1) is 17.1 Å². The van der Waals surface area contributed by atoms with Crippen molar-refractivity contribution in [1.82, 2.24) is 10.6 Å². The van der Waals surface area contributed by atoms with Gasteiger partial charge < -0.3 is 16.4 Å². The minimum Gasteiger partial charge on any atom is -0.368 e. The first kappa shape index (κ1) is 21.1. The molecule has 0 unspecified atom stereocenters. The number of nitrogens with one attached hydrogen (secondary N) is 2. The molecule has 4 N–H and O–H groups in total. The smallest absolute Gasteiger partial charge is 0.243 e. The molecule has 0 saturated heterocycles. The molecular weight excluding hydrogens is 339 g/mol. The normalized spacial score (nSPS) is 12.5. The molecule has 0 heterocycles. The number of nitriles is 1. The number of unbranched alkanes of at least 4 members (excludes halogenated alkanes) is 2. The van der Waals surface area contributed by atoms with Crippen molar-refractivity contribution in [2.45, 2.75) is 51.1 Å². The minimum atomic E-state index is -0.918. The minimum absolute atomic E-state index is 0.144. The molecule has 0 fully saturated rings. The van der Waals surface area contributed by atoms with Crippen LogP contribution in [0.4, 0.5) is 4.39 Å². The number of amides is 3. The van der Waals surface area contributed by atoms with E-state index in [1.165, 1.54) is 31.2 Å². The molecule has 0 saturated carbocycles. The fourth-order valence-electron chi connectivity index (χ4n) is 2.42. The van der Waals surface area contributed by atoms with E-state index in [-0.39, 0.29) is 6.42 Å². The molecule has 1 aromatic carbocycles. The summed E-state index contributed by atoms with van der Waals surface area (Å²) in [5.41, 5.74) is 5.98. The van der Waals surface area contributed by atoms with Crippen LogP contribution in [0.5, 0.6) is 0 Å². The van der Waals surface area contributed by atoms with E-state index < -0.39 is 35.6 Å². The summed E-state index contributed by atoms with van der Waals surface area (Å²) in [5.74, 6) is -2.04. The number of rotatable bonds is 10. The first-order chi connectivity index (χ1) is 12.3. The Hall–Kier alpha value is -2.95. The molecule has 0 radical (unpaired) electrons. The van der Waals surface area contributed by atoms with Crippen molar-refractivity contribution in [3.05, 3.63) is 35.6 Å². The van der Waals surface area contributed by atoms with Crippen LogP contribution < -0.4 is 16.4 Å². The van der Waals surface area contributed by atoms with E-state index >= 15 is 0 Å². The summed E-state index contributed by atoms with van der Waals surface area (Å²) >= 11 is 0. The number of nitrogens with two attached hydrogens (primary N) is 1.